The lowest BCUT2D eigenvalue weighted by molar-refractivity contribution is -0.385. The van der Waals surface area contributed by atoms with Crippen LogP contribution >= 0.6 is 0 Å². The summed E-state index contributed by atoms with van der Waals surface area (Å²) >= 11 is 0. The van der Waals surface area contributed by atoms with E-state index in [1.165, 1.54) is 24.9 Å². The number of hydrogen-bond acceptors (Lipinski definition) is 6. The third-order valence-corrected chi connectivity index (χ3v) is 1.84. The van der Waals surface area contributed by atoms with Crippen LogP contribution in [0.1, 0.15) is 5.56 Å². The lowest BCUT2D eigenvalue weighted by atomic mass is 10.2. The summed E-state index contributed by atoms with van der Waals surface area (Å²) in [6, 6.07) is 3.01. The Hall–Kier alpha value is -2.82. The van der Waals surface area contributed by atoms with Gasteiger partial charge in [0.1, 0.15) is 24.3 Å². The van der Waals surface area contributed by atoms with Gasteiger partial charge in [-0.25, -0.2) is 9.97 Å². The SMILES string of the molecule is N#Cc1ccnc(-n2cncn2)c1[N+](=O)[O-]. The highest BCUT2D eigenvalue weighted by molar-refractivity contribution is 5.57. The molecule has 0 saturated carbocycles. The predicted octanol–water partition coefficient (Wildman–Crippen LogP) is 0.442. The van der Waals surface area contributed by atoms with Crippen molar-refractivity contribution in [3.8, 4) is 11.9 Å². The van der Waals surface area contributed by atoms with Crippen LogP contribution in [0.2, 0.25) is 0 Å². The molecule has 16 heavy (non-hydrogen) atoms. The molecule has 0 fully saturated rings. The largest absolute Gasteiger partial charge is 0.331 e. The molecule has 0 atom stereocenters. The lowest BCUT2D eigenvalue weighted by Gasteiger charge is -2.01. The van der Waals surface area contributed by atoms with Crippen molar-refractivity contribution in [1.29, 1.82) is 5.26 Å². The van der Waals surface area contributed by atoms with Gasteiger partial charge in [0.15, 0.2) is 0 Å². The van der Waals surface area contributed by atoms with Crippen LogP contribution in [0.4, 0.5) is 5.69 Å². The molecule has 8 heteroatoms. The average Bonchev–Trinajstić information content (AvgIpc) is 2.81. The van der Waals surface area contributed by atoms with E-state index in [4.69, 9.17) is 5.26 Å². The van der Waals surface area contributed by atoms with Gasteiger partial charge in [-0.05, 0) is 6.07 Å². The van der Waals surface area contributed by atoms with Gasteiger partial charge < -0.3 is 0 Å². The van der Waals surface area contributed by atoms with Gasteiger partial charge in [-0.1, -0.05) is 0 Å². The van der Waals surface area contributed by atoms with E-state index in [0.29, 0.717) is 0 Å². The zero-order valence-corrected chi connectivity index (χ0v) is 7.81. The first-order chi connectivity index (χ1) is 7.74. The molecule has 0 radical (unpaired) electrons. The highest BCUT2D eigenvalue weighted by atomic mass is 16.6. The van der Waals surface area contributed by atoms with Gasteiger partial charge in [0.25, 0.3) is 0 Å². The molecule has 2 aromatic heterocycles. The Morgan fingerprint density at radius 1 is 1.56 bits per heavy atom. The van der Waals surface area contributed by atoms with E-state index in [0.717, 1.165) is 4.68 Å². The fraction of sp³-hybridized carbons (Fsp3) is 0. The van der Waals surface area contributed by atoms with Crippen molar-refractivity contribution < 1.29 is 4.92 Å². The van der Waals surface area contributed by atoms with Crippen LogP contribution in [0.15, 0.2) is 24.9 Å². The predicted molar refractivity (Wildman–Crippen MR) is 50.5 cm³/mol. The summed E-state index contributed by atoms with van der Waals surface area (Å²) in [4.78, 5) is 17.7. The Morgan fingerprint density at radius 3 is 2.94 bits per heavy atom. The summed E-state index contributed by atoms with van der Waals surface area (Å²) in [6.45, 7) is 0. The zero-order valence-electron chi connectivity index (χ0n) is 7.81. The van der Waals surface area contributed by atoms with Gasteiger partial charge in [0.2, 0.25) is 5.82 Å². The van der Waals surface area contributed by atoms with Crippen LogP contribution in [0.25, 0.3) is 5.82 Å². The second-order valence-electron chi connectivity index (χ2n) is 2.74. The third-order valence-electron chi connectivity index (χ3n) is 1.84. The maximum absolute atomic E-state index is 10.8. The highest BCUT2D eigenvalue weighted by Gasteiger charge is 2.22. The Bertz CT molecular complexity index is 571. The van der Waals surface area contributed by atoms with Crippen molar-refractivity contribution in [2.24, 2.45) is 0 Å². The molecule has 0 amide bonds. The molecule has 0 aliphatic rings. The van der Waals surface area contributed by atoms with Gasteiger partial charge in [-0.3, -0.25) is 10.1 Å². The molecule has 0 unspecified atom stereocenters. The molecule has 78 valence electrons. The first-order valence-electron chi connectivity index (χ1n) is 4.12. The standard InChI is InChI=1S/C8H4N6O2/c9-3-6-1-2-11-8(7(6)14(15)16)13-5-10-4-12-13/h1-2,4-5H. The molecule has 2 aromatic rings. The van der Waals surface area contributed by atoms with E-state index in [9.17, 15) is 10.1 Å². The van der Waals surface area contributed by atoms with E-state index >= 15 is 0 Å². The van der Waals surface area contributed by atoms with E-state index < -0.39 is 4.92 Å². The number of nitrogens with zero attached hydrogens (tertiary/aromatic N) is 6. The fourth-order valence-corrected chi connectivity index (χ4v) is 1.20. The number of hydrogen-bond donors (Lipinski definition) is 0. The minimum absolute atomic E-state index is 0.0263. The number of nitro groups is 1. The summed E-state index contributed by atoms with van der Waals surface area (Å²) < 4.78 is 1.14. The van der Waals surface area contributed by atoms with E-state index in [2.05, 4.69) is 15.1 Å². The van der Waals surface area contributed by atoms with Crippen molar-refractivity contribution in [1.82, 2.24) is 19.7 Å². The lowest BCUT2D eigenvalue weighted by Crippen LogP contribution is -2.05. The van der Waals surface area contributed by atoms with Crippen molar-refractivity contribution in [3.63, 3.8) is 0 Å². The number of nitriles is 1. The Kier molecular flexibility index (Phi) is 2.27. The molecule has 0 aromatic carbocycles. The molecule has 0 N–H and O–H groups in total. The summed E-state index contributed by atoms with van der Waals surface area (Å²) in [5.74, 6) is -0.0263. The van der Waals surface area contributed by atoms with Crippen molar-refractivity contribution in [3.05, 3.63) is 40.6 Å². The third kappa shape index (κ3) is 1.46. The van der Waals surface area contributed by atoms with E-state index in [-0.39, 0.29) is 17.1 Å². The maximum Gasteiger partial charge on any atom is 0.331 e. The normalized spacial score (nSPS) is 9.69. The summed E-state index contributed by atoms with van der Waals surface area (Å²) in [7, 11) is 0. The van der Waals surface area contributed by atoms with Crippen molar-refractivity contribution in [2.45, 2.75) is 0 Å². The molecule has 8 nitrogen and oxygen atoms in total. The molecule has 0 aliphatic carbocycles. The van der Waals surface area contributed by atoms with Gasteiger partial charge in [0.05, 0.1) is 4.92 Å². The summed E-state index contributed by atoms with van der Waals surface area (Å²) in [5.41, 5.74) is -0.444. The molecule has 2 heterocycles. The van der Waals surface area contributed by atoms with Crippen molar-refractivity contribution >= 4 is 5.69 Å². The minimum Gasteiger partial charge on any atom is -0.258 e. The first-order valence-corrected chi connectivity index (χ1v) is 4.12. The first kappa shape index (κ1) is 9.72. The Morgan fingerprint density at radius 2 is 2.38 bits per heavy atom. The number of pyridine rings is 1. The molecule has 0 bridgehead atoms. The Labute approximate surface area is 88.9 Å². The minimum atomic E-state index is -0.664. The smallest absolute Gasteiger partial charge is 0.258 e. The second-order valence-corrected chi connectivity index (χ2v) is 2.74. The Balaban J connectivity index is 2.72. The van der Waals surface area contributed by atoms with Gasteiger partial charge >= 0.3 is 5.69 Å². The molecular formula is C8H4N6O2. The quantitative estimate of drug-likeness (QED) is 0.532. The number of aromatic nitrogens is 4. The number of rotatable bonds is 2. The van der Waals surface area contributed by atoms with Crippen LogP contribution in [0.3, 0.4) is 0 Å². The zero-order chi connectivity index (χ0) is 11.5. The molecule has 0 saturated heterocycles. The van der Waals surface area contributed by atoms with Gasteiger partial charge in [-0.15, -0.1) is 0 Å². The monoisotopic (exact) mass is 216 g/mol. The van der Waals surface area contributed by atoms with Gasteiger partial charge in [0, 0.05) is 6.20 Å². The van der Waals surface area contributed by atoms with E-state index in [1.807, 2.05) is 0 Å². The average molecular weight is 216 g/mol. The second kappa shape index (κ2) is 3.74. The maximum atomic E-state index is 10.8. The van der Waals surface area contributed by atoms with Crippen LogP contribution in [0.5, 0.6) is 0 Å². The van der Waals surface area contributed by atoms with Crippen LogP contribution in [-0.2, 0) is 0 Å². The highest BCUT2D eigenvalue weighted by Crippen LogP contribution is 2.23. The fourth-order valence-electron chi connectivity index (χ4n) is 1.20. The van der Waals surface area contributed by atoms with Crippen molar-refractivity contribution in [2.75, 3.05) is 0 Å². The van der Waals surface area contributed by atoms with Gasteiger partial charge in [-0.2, -0.15) is 15.0 Å². The molecule has 2 rings (SSSR count). The topological polar surface area (TPSA) is 111 Å². The van der Waals surface area contributed by atoms with Crippen LogP contribution in [-0.4, -0.2) is 24.7 Å². The van der Waals surface area contributed by atoms with Crippen LogP contribution in [0, 0.1) is 21.4 Å². The molecule has 0 spiro atoms. The van der Waals surface area contributed by atoms with E-state index in [1.54, 1.807) is 6.07 Å². The summed E-state index contributed by atoms with van der Waals surface area (Å²) in [5, 5.41) is 23.3. The molecule has 0 aliphatic heterocycles. The summed E-state index contributed by atoms with van der Waals surface area (Å²) in [6.07, 6.45) is 3.81. The van der Waals surface area contributed by atoms with Crippen LogP contribution < -0.4 is 0 Å². The molecular weight excluding hydrogens is 212 g/mol.